The Labute approximate surface area is 171 Å². The summed E-state index contributed by atoms with van der Waals surface area (Å²) in [5.41, 5.74) is -2.05. The van der Waals surface area contributed by atoms with Crippen LogP contribution in [0.2, 0.25) is 0 Å². The summed E-state index contributed by atoms with van der Waals surface area (Å²) in [6.07, 6.45) is -1.75. The van der Waals surface area contributed by atoms with Gasteiger partial charge < -0.3 is 14.6 Å². The van der Waals surface area contributed by atoms with Gasteiger partial charge in [0.15, 0.2) is 11.0 Å². The van der Waals surface area contributed by atoms with Crippen molar-refractivity contribution in [2.45, 2.75) is 63.9 Å². The molecule has 3 N–H and O–H groups in total. The van der Waals surface area contributed by atoms with E-state index in [0.29, 0.717) is 0 Å². The van der Waals surface area contributed by atoms with E-state index in [2.05, 4.69) is 10.1 Å². The smallest absolute Gasteiger partial charge is 0.406 e. The summed E-state index contributed by atoms with van der Waals surface area (Å²) in [7, 11) is -3.94. The number of aromatic nitrogens is 2. The Morgan fingerprint density at radius 1 is 1.52 bits per heavy atom. The number of H-pyrrole nitrogens is 1. The van der Waals surface area contributed by atoms with Gasteiger partial charge in [0.05, 0.1) is 12.7 Å². The number of carbonyl (C=O) groups is 1. The van der Waals surface area contributed by atoms with Crippen LogP contribution < -0.4 is 10.6 Å². The van der Waals surface area contributed by atoms with Gasteiger partial charge in [-0.3, -0.25) is 28.2 Å². The summed E-state index contributed by atoms with van der Waals surface area (Å²) in [4.78, 5) is 25.9. The molecule has 29 heavy (non-hydrogen) atoms. The molecule has 3 heterocycles. The van der Waals surface area contributed by atoms with Crippen molar-refractivity contribution in [2.75, 3.05) is 6.61 Å². The SMILES string of the molecule is CC(C)OC(=O)[C@H](C)NP1(=O)OC[C@H]2O[C@@H](n3ccc(=O)[nH]c3=S)C(C)(O)[C@H]2O1. The lowest BCUT2D eigenvalue weighted by atomic mass is 9.96. The third-order valence-electron chi connectivity index (χ3n) is 4.54. The van der Waals surface area contributed by atoms with Crippen LogP contribution in [0.5, 0.6) is 0 Å². The average Bonchev–Trinajstić information content (AvgIpc) is 2.85. The zero-order chi connectivity index (χ0) is 21.6. The third-order valence-corrected chi connectivity index (χ3v) is 6.55. The average molecular weight is 449 g/mol. The molecule has 0 saturated carbocycles. The highest BCUT2D eigenvalue weighted by Gasteiger charge is 2.59. The number of rotatable bonds is 5. The maximum absolute atomic E-state index is 13.0. The molecule has 1 aromatic rings. The van der Waals surface area contributed by atoms with Gasteiger partial charge in [-0.25, -0.2) is 9.65 Å². The third kappa shape index (κ3) is 4.53. The van der Waals surface area contributed by atoms with Gasteiger partial charge in [0.2, 0.25) is 0 Å². The number of aromatic amines is 1. The van der Waals surface area contributed by atoms with Gasteiger partial charge in [0.25, 0.3) is 5.56 Å². The zero-order valence-corrected chi connectivity index (χ0v) is 18.1. The topological polar surface area (TPSA) is 141 Å². The molecule has 0 aromatic carbocycles. The summed E-state index contributed by atoms with van der Waals surface area (Å²) >= 11 is 5.13. The van der Waals surface area contributed by atoms with Crippen molar-refractivity contribution >= 4 is 25.9 Å². The van der Waals surface area contributed by atoms with Crippen molar-refractivity contribution < 1.29 is 33.0 Å². The first-order chi connectivity index (χ1) is 13.4. The summed E-state index contributed by atoms with van der Waals surface area (Å²) in [6.45, 7) is 6.15. The highest BCUT2D eigenvalue weighted by molar-refractivity contribution is 7.71. The van der Waals surface area contributed by atoms with E-state index in [9.17, 15) is 19.3 Å². The number of aliphatic hydroxyl groups is 1. The van der Waals surface area contributed by atoms with Gasteiger partial charge >= 0.3 is 13.7 Å². The molecule has 2 fully saturated rings. The first kappa shape index (κ1) is 22.3. The fourth-order valence-electron chi connectivity index (χ4n) is 3.20. The molecule has 0 aliphatic carbocycles. The number of nitrogens with zero attached hydrogens (tertiary/aromatic N) is 1. The highest BCUT2D eigenvalue weighted by atomic mass is 32.1. The van der Waals surface area contributed by atoms with Crippen LogP contribution in [-0.4, -0.2) is 57.2 Å². The molecular formula is C16H24N3O8PS. The van der Waals surface area contributed by atoms with E-state index in [0.717, 1.165) is 0 Å². The van der Waals surface area contributed by atoms with Crippen molar-refractivity contribution in [3.63, 3.8) is 0 Å². The van der Waals surface area contributed by atoms with Crippen LogP contribution in [0.4, 0.5) is 0 Å². The summed E-state index contributed by atoms with van der Waals surface area (Å²) < 4.78 is 36.2. The lowest BCUT2D eigenvalue weighted by Gasteiger charge is -2.36. The fourth-order valence-corrected chi connectivity index (χ4v) is 5.22. The number of esters is 1. The van der Waals surface area contributed by atoms with Crippen LogP contribution in [0.1, 0.15) is 33.9 Å². The van der Waals surface area contributed by atoms with E-state index in [1.807, 2.05) is 0 Å². The van der Waals surface area contributed by atoms with Crippen molar-refractivity contribution in [3.05, 3.63) is 27.4 Å². The maximum Gasteiger partial charge on any atom is 0.406 e. The van der Waals surface area contributed by atoms with Crippen molar-refractivity contribution in [3.8, 4) is 0 Å². The van der Waals surface area contributed by atoms with Crippen LogP contribution in [0.15, 0.2) is 17.1 Å². The minimum absolute atomic E-state index is 0.0497. The molecule has 2 aliphatic heterocycles. The van der Waals surface area contributed by atoms with Crippen LogP contribution >= 0.6 is 20.0 Å². The molecule has 2 unspecified atom stereocenters. The number of hydrogen-bond donors (Lipinski definition) is 3. The second-order valence-electron chi connectivity index (χ2n) is 7.43. The van der Waals surface area contributed by atoms with Crippen molar-refractivity contribution in [1.29, 1.82) is 0 Å². The van der Waals surface area contributed by atoms with Gasteiger partial charge in [-0.05, 0) is 39.9 Å². The molecule has 2 saturated heterocycles. The molecule has 2 aliphatic rings. The molecule has 0 amide bonds. The second-order valence-corrected chi connectivity index (χ2v) is 9.53. The lowest BCUT2D eigenvalue weighted by Crippen LogP contribution is -2.49. The van der Waals surface area contributed by atoms with Crippen LogP contribution in [0.25, 0.3) is 0 Å². The van der Waals surface area contributed by atoms with Crippen molar-refractivity contribution in [2.24, 2.45) is 0 Å². The number of ether oxygens (including phenoxy) is 2. The highest BCUT2D eigenvalue weighted by Crippen LogP contribution is 2.55. The van der Waals surface area contributed by atoms with Crippen molar-refractivity contribution in [1.82, 2.24) is 14.6 Å². The molecule has 6 atom stereocenters. The first-order valence-corrected chi connectivity index (χ1v) is 11.0. The number of carbonyl (C=O) groups excluding carboxylic acids is 1. The Morgan fingerprint density at radius 2 is 2.21 bits per heavy atom. The number of hydrogen-bond acceptors (Lipinski definition) is 9. The molecule has 3 rings (SSSR count). The minimum atomic E-state index is -3.94. The Bertz CT molecular complexity index is 945. The van der Waals surface area contributed by atoms with E-state index in [-0.39, 0.29) is 17.5 Å². The van der Waals surface area contributed by atoms with Gasteiger partial charge in [-0.1, -0.05) is 0 Å². The van der Waals surface area contributed by atoms with Crippen LogP contribution in [-0.2, 0) is 27.9 Å². The monoisotopic (exact) mass is 449 g/mol. The van der Waals surface area contributed by atoms with Crippen LogP contribution in [0.3, 0.4) is 0 Å². The minimum Gasteiger partial charge on any atom is -0.462 e. The molecule has 162 valence electrons. The largest absolute Gasteiger partial charge is 0.462 e. The van der Waals surface area contributed by atoms with E-state index >= 15 is 0 Å². The molecule has 0 radical (unpaired) electrons. The Balaban J connectivity index is 1.79. The second kappa shape index (κ2) is 8.03. The first-order valence-electron chi connectivity index (χ1n) is 9.03. The Hall–Kier alpha value is -1.40. The summed E-state index contributed by atoms with van der Waals surface area (Å²) in [5.74, 6) is -0.614. The quantitative estimate of drug-likeness (QED) is 0.339. The molecule has 13 heteroatoms. The van der Waals surface area contributed by atoms with E-state index in [1.54, 1.807) is 13.8 Å². The van der Waals surface area contributed by atoms with Gasteiger partial charge in [0.1, 0.15) is 23.9 Å². The van der Waals surface area contributed by atoms with E-state index in [4.69, 9.17) is 30.7 Å². The molecule has 11 nitrogen and oxygen atoms in total. The van der Waals surface area contributed by atoms with Crippen LogP contribution in [0, 0.1) is 4.77 Å². The van der Waals surface area contributed by atoms with E-state index in [1.165, 1.54) is 30.7 Å². The predicted octanol–water partition coefficient (Wildman–Crippen LogP) is 1.01. The normalized spacial score (nSPS) is 35.3. The maximum atomic E-state index is 13.0. The summed E-state index contributed by atoms with van der Waals surface area (Å²) in [5, 5.41) is 13.6. The predicted molar refractivity (Wildman–Crippen MR) is 103 cm³/mol. The van der Waals surface area contributed by atoms with Gasteiger partial charge in [0, 0.05) is 12.3 Å². The number of nitrogens with one attached hydrogen (secondary N) is 2. The fraction of sp³-hybridized carbons (Fsp3) is 0.688. The standard InChI is InChI=1S/C16H24N3O8PS/c1-8(2)25-13(21)9(3)18-28(23)24-7-10-12(27-28)16(4,22)14(26-10)19-6-5-11(20)17-15(19)29/h5-6,8-10,12,14,22H,7H2,1-4H3,(H,18,23)(H,17,20,29)/t9-,10+,12-,14+,16?,28?/m0/s1. The molecular weight excluding hydrogens is 425 g/mol. The number of fused-ring (bicyclic) bond motifs is 1. The lowest BCUT2D eigenvalue weighted by molar-refractivity contribution is -0.149. The Morgan fingerprint density at radius 3 is 2.83 bits per heavy atom. The van der Waals surface area contributed by atoms with Gasteiger partial charge in [-0.15, -0.1) is 0 Å². The van der Waals surface area contributed by atoms with E-state index < -0.39 is 49.4 Å². The van der Waals surface area contributed by atoms with Gasteiger partial charge in [-0.2, -0.15) is 0 Å². The Kier molecular flexibility index (Phi) is 6.17. The molecule has 0 spiro atoms. The molecule has 0 bridgehead atoms. The molecule has 1 aromatic heterocycles. The zero-order valence-electron chi connectivity index (χ0n) is 16.4. The summed E-state index contributed by atoms with van der Waals surface area (Å²) in [6, 6.07) is 0.277.